The van der Waals surface area contributed by atoms with Gasteiger partial charge in [-0.2, -0.15) is 0 Å². The maximum absolute atomic E-state index is 5.35. The van der Waals surface area contributed by atoms with Crippen LogP contribution in [0.3, 0.4) is 0 Å². The summed E-state index contributed by atoms with van der Waals surface area (Å²) < 4.78 is 5.35. The van der Waals surface area contributed by atoms with Crippen molar-refractivity contribution in [2.24, 2.45) is 4.99 Å². The molecule has 1 aromatic rings. The summed E-state index contributed by atoms with van der Waals surface area (Å²) in [5.74, 6) is 0.888. The zero-order chi connectivity index (χ0) is 15.7. The van der Waals surface area contributed by atoms with Crippen molar-refractivity contribution in [3.63, 3.8) is 0 Å². The van der Waals surface area contributed by atoms with Gasteiger partial charge in [-0.25, -0.2) is 0 Å². The minimum Gasteiger partial charge on any atom is -0.382 e. The lowest BCUT2D eigenvalue weighted by molar-refractivity contribution is 0.145. The van der Waals surface area contributed by atoms with Gasteiger partial charge in [0.15, 0.2) is 5.96 Å². The summed E-state index contributed by atoms with van der Waals surface area (Å²) in [5.41, 5.74) is 1.73. The predicted octanol–water partition coefficient (Wildman–Crippen LogP) is 2.70. The molecule has 4 nitrogen and oxygen atoms in total. The van der Waals surface area contributed by atoms with Crippen LogP contribution in [0.1, 0.15) is 38.2 Å². The molecule has 1 aromatic carbocycles. The van der Waals surface area contributed by atoms with Gasteiger partial charge < -0.3 is 15.4 Å². The van der Waals surface area contributed by atoms with Gasteiger partial charge in [-0.1, -0.05) is 36.8 Å². The second kappa shape index (κ2) is 8.79. The third-order valence-electron chi connectivity index (χ3n) is 4.48. The first-order valence-corrected chi connectivity index (χ1v) is 8.38. The highest BCUT2D eigenvalue weighted by Crippen LogP contribution is 2.43. The van der Waals surface area contributed by atoms with Crippen LogP contribution in [0, 0.1) is 0 Å². The minimum absolute atomic E-state index is 0.282. The van der Waals surface area contributed by atoms with Gasteiger partial charge in [-0.15, -0.1) is 0 Å². The lowest BCUT2D eigenvalue weighted by atomic mass is 9.64. The summed E-state index contributed by atoms with van der Waals surface area (Å²) >= 11 is 0. The molecule has 22 heavy (non-hydrogen) atoms. The molecule has 2 rings (SSSR count). The van der Waals surface area contributed by atoms with Crippen molar-refractivity contribution < 1.29 is 4.74 Å². The predicted molar refractivity (Wildman–Crippen MR) is 92.4 cm³/mol. The van der Waals surface area contributed by atoms with E-state index in [9.17, 15) is 0 Å². The van der Waals surface area contributed by atoms with Gasteiger partial charge in [0.05, 0.1) is 0 Å². The van der Waals surface area contributed by atoms with Crippen LogP contribution in [0.15, 0.2) is 35.3 Å². The molecular formula is C18H29N3O. The van der Waals surface area contributed by atoms with Crippen LogP contribution in [0.25, 0.3) is 0 Å². The molecule has 0 heterocycles. The van der Waals surface area contributed by atoms with E-state index in [1.54, 1.807) is 0 Å². The second-order valence-electron chi connectivity index (χ2n) is 5.90. The summed E-state index contributed by atoms with van der Waals surface area (Å²) in [6, 6.07) is 10.9. The smallest absolute Gasteiger partial charge is 0.191 e. The van der Waals surface area contributed by atoms with E-state index < -0.39 is 0 Å². The van der Waals surface area contributed by atoms with E-state index in [4.69, 9.17) is 4.74 Å². The fraction of sp³-hybridized carbons (Fsp3) is 0.611. The summed E-state index contributed by atoms with van der Waals surface area (Å²) in [5, 5.41) is 6.86. The zero-order valence-corrected chi connectivity index (χ0v) is 13.9. The Morgan fingerprint density at radius 3 is 2.59 bits per heavy atom. The van der Waals surface area contributed by atoms with Crippen LogP contribution < -0.4 is 10.6 Å². The Labute approximate surface area is 134 Å². The quantitative estimate of drug-likeness (QED) is 0.441. The first kappa shape index (κ1) is 16.8. The molecular weight excluding hydrogens is 274 g/mol. The first-order chi connectivity index (χ1) is 10.8. The maximum atomic E-state index is 5.35. The van der Waals surface area contributed by atoms with Gasteiger partial charge in [0.2, 0.25) is 0 Å². The molecule has 0 aromatic heterocycles. The lowest BCUT2D eigenvalue weighted by Crippen LogP contribution is -2.49. The van der Waals surface area contributed by atoms with Crippen molar-refractivity contribution in [3.05, 3.63) is 35.9 Å². The van der Waals surface area contributed by atoms with Crippen LogP contribution >= 0.6 is 0 Å². The highest BCUT2D eigenvalue weighted by molar-refractivity contribution is 5.79. The number of nitrogens with zero attached hydrogens (tertiary/aromatic N) is 1. The summed E-state index contributed by atoms with van der Waals surface area (Å²) in [7, 11) is 1.83. The van der Waals surface area contributed by atoms with Crippen LogP contribution in [0.5, 0.6) is 0 Å². The fourth-order valence-electron chi connectivity index (χ4n) is 2.96. The van der Waals surface area contributed by atoms with Gasteiger partial charge in [0.1, 0.15) is 0 Å². The Morgan fingerprint density at radius 1 is 1.23 bits per heavy atom. The van der Waals surface area contributed by atoms with Crippen molar-refractivity contribution in [2.75, 3.05) is 33.4 Å². The molecule has 1 fully saturated rings. The number of benzene rings is 1. The van der Waals surface area contributed by atoms with Crippen LogP contribution in [0.2, 0.25) is 0 Å². The topological polar surface area (TPSA) is 45.6 Å². The molecule has 1 saturated carbocycles. The van der Waals surface area contributed by atoms with E-state index in [0.717, 1.165) is 38.7 Å². The van der Waals surface area contributed by atoms with Crippen LogP contribution in [-0.4, -0.2) is 39.3 Å². The molecule has 1 aliphatic rings. The molecule has 0 unspecified atom stereocenters. The Morgan fingerprint density at radius 2 is 2.00 bits per heavy atom. The number of ether oxygens (including phenoxy) is 1. The van der Waals surface area contributed by atoms with Gasteiger partial charge >= 0.3 is 0 Å². The molecule has 2 N–H and O–H groups in total. The molecule has 0 aliphatic heterocycles. The standard InChI is InChI=1S/C18H29N3O/c1-3-22-14-8-13-20-17(19-2)21-15-18(11-7-12-18)16-9-5-4-6-10-16/h4-6,9-10H,3,7-8,11-15H2,1-2H3,(H2,19,20,21). The van der Waals surface area contributed by atoms with Crippen molar-refractivity contribution in [1.29, 1.82) is 0 Å². The Kier molecular flexibility index (Phi) is 6.72. The molecule has 0 saturated heterocycles. The normalized spacial score (nSPS) is 16.9. The van der Waals surface area contributed by atoms with Crippen LogP contribution in [0.4, 0.5) is 0 Å². The number of aliphatic imine (C=N–C) groups is 1. The van der Waals surface area contributed by atoms with Crippen molar-refractivity contribution >= 4 is 5.96 Å². The van der Waals surface area contributed by atoms with Gasteiger partial charge in [0.25, 0.3) is 0 Å². The average molecular weight is 303 g/mol. The van der Waals surface area contributed by atoms with E-state index in [1.165, 1.54) is 24.8 Å². The minimum atomic E-state index is 0.282. The van der Waals surface area contributed by atoms with Gasteiger partial charge in [-0.05, 0) is 31.7 Å². The summed E-state index contributed by atoms with van der Waals surface area (Å²) in [6.07, 6.45) is 4.83. The maximum Gasteiger partial charge on any atom is 0.191 e. The Balaban J connectivity index is 1.79. The summed E-state index contributed by atoms with van der Waals surface area (Å²) in [4.78, 5) is 4.31. The van der Waals surface area contributed by atoms with Crippen LogP contribution in [-0.2, 0) is 10.2 Å². The van der Waals surface area contributed by atoms with E-state index in [2.05, 4.69) is 46.0 Å². The number of nitrogens with one attached hydrogen (secondary N) is 2. The fourth-order valence-corrected chi connectivity index (χ4v) is 2.96. The Hall–Kier alpha value is -1.55. The van der Waals surface area contributed by atoms with E-state index in [1.807, 2.05) is 14.0 Å². The molecule has 1 aliphatic carbocycles. The zero-order valence-electron chi connectivity index (χ0n) is 13.9. The number of hydrogen-bond donors (Lipinski definition) is 2. The van der Waals surface area contributed by atoms with Crippen molar-refractivity contribution in [3.8, 4) is 0 Å². The molecule has 122 valence electrons. The molecule has 0 spiro atoms. The number of hydrogen-bond acceptors (Lipinski definition) is 2. The van der Waals surface area contributed by atoms with Crippen molar-refractivity contribution in [1.82, 2.24) is 10.6 Å². The number of rotatable bonds is 8. The molecule has 0 atom stereocenters. The van der Waals surface area contributed by atoms with Gasteiger partial charge in [-0.3, -0.25) is 4.99 Å². The highest BCUT2D eigenvalue weighted by Gasteiger charge is 2.38. The first-order valence-electron chi connectivity index (χ1n) is 8.38. The number of guanidine groups is 1. The molecule has 0 amide bonds. The third kappa shape index (κ3) is 4.47. The average Bonchev–Trinajstić information content (AvgIpc) is 2.52. The van der Waals surface area contributed by atoms with E-state index in [-0.39, 0.29) is 5.41 Å². The third-order valence-corrected chi connectivity index (χ3v) is 4.48. The van der Waals surface area contributed by atoms with Crippen molar-refractivity contribution in [2.45, 2.75) is 38.0 Å². The van der Waals surface area contributed by atoms with Gasteiger partial charge in [0, 0.05) is 38.8 Å². The highest BCUT2D eigenvalue weighted by atomic mass is 16.5. The largest absolute Gasteiger partial charge is 0.382 e. The Bertz CT molecular complexity index is 455. The molecule has 0 radical (unpaired) electrons. The lowest BCUT2D eigenvalue weighted by Gasteiger charge is -2.43. The molecule has 0 bridgehead atoms. The summed E-state index contributed by atoms with van der Waals surface area (Å²) in [6.45, 7) is 5.44. The second-order valence-corrected chi connectivity index (χ2v) is 5.90. The van der Waals surface area contributed by atoms with E-state index >= 15 is 0 Å². The monoisotopic (exact) mass is 303 g/mol. The molecule has 4 heteroatoms. The van der Waals surface area contributed by atoms with E-state index in [0.29, 0.717) is 0 Å². The SMILES string of the molecule is CCOCCCNC(=NC)NCC1(c2ccccc2)CCC1.